The number of hydrogen-bond acceptors (Lipinski definition) is 4. The Hall–Kier alpha value is -1.32. The van der Waals surface area contributed by atoms with Crippen LogP contribution in [0.15, 0.2) is 12.2 Å². The summed E-state index contributed by atoms with van der Waals surface area (Å²) < 4.78 is 11.3. The second kappa shape index (κ2) is 6.63. The summed E-state index contributed by atoms with van der Waals surface area (Å²) in [6.45, 7) is 0. The molecule has 7 unspecified atom stereocenters. The predicted octanol–water partition coefficient (Wildman–Crippen LogP) is 4.28. The first-order chi connectivity index (χ1) is 13.2. The minimum atomic E-state index is -0.351. The monoisotopic (exact) mass is 372 g/mol. The molecular formula is C23H32O4. The van der Waals surface area contributed by atoms with E-state index in [4.69, 9.17) is 9.47 Å². The molecular weight excluding hydrogens is 340 g/mol. The third kappa shape index (κ3) is 2.47. The first-order valence-corrected chi connectivity index (χ1v) is 11.1. The van der Waals surface area contributed by atoms with Crippen LogP contribution in [0.4, 0.5) is 0 Å². The van der Waals surface area contributed by atoms with Crippen molar-refractivity contribution in [1.82, 2.24) is 0 Å². The summed E-state index contributed by atoms with van der Waals surface area (Å²) in [6.07, 6.45) is 15.8. The molecule has 0 spiro atoms. The standard InChI is InChI=1S/C23H32O4/c1-26-22(25)23-15-10-9-14(11-15)20(23)18-12-16(23)13-19(18)21(24)27-17-7-5-3-2-4-6-8-17/h9-10,14-20H,2-8,11-13H2,1H3. The first kappa shape index (κ1) is 17.8. The number of carbonyl (C=O) groups is 2. The van der Waals surface area contributed by atoms with Gasteiger partial charge in [-0.05, 0) is 74.5 Å². The SMILES string of the molecule is COC(=O)C12C3C=CC(C3)C1C1CC2CC1C(=O)OC1CCCCCCC1. The minimum absolute atomic E-state index is 0.00373. The Morgan fingerprint density at radius 2 is 1.70 bits per heavy atom. The van der Waals surface area contributed by atoms with Gasteiger partial charge in [0, 0.05) is 0 Å². The fourth-order valence-electron chi connectivity index (χ4n) is 7.74. The molecule has 4 fully saturated rings. The van der Waals surface area contributed by atoms with Crippen molar-refractivity contribution in [3.63, 3.8) is 0 Å². The number of methoxy groups -OCH3 is 1. The first-order valence-electron chi connectivity index (χ1n) is 11.1. The average Bonchev–Trinajstić information content (AvgIpc) is 3.40. The summed E-state index contributed by atoms with van der Waals surface area (Å²) in [7, 11) is 1.52. The second-order valence-corrected chi connectivity index (χ2v) is 9.68. The lowest BCUT2D eigenvalue weighted by molar-refractivity contribution is -0.169. The Labute approximate surface area is 162 Å². The third-order valence-corrected chi connectivity index (χ3v) is 8.67. The van der Waals surface area contributed by atoms with E-state index in [2.05, 4.69) is 12.2 Å². The van der Waals surface area contributed by atoms with Gasteiger partial charge in [-0.1, -0.05) is 31.4 Å². The van der Waals surface area contributed by atoms with Crippen LogP contribution in [-0.4, -0.2) is 25.2 Å². The van der Waals surface area contributed by atoms with E-state index in [1.807, 2.05) is 0 Å². The van der Waals surface area contributed by atoms with Crippen LogP contribution in [0.25, 0.3) is 0 Å². The maximum atomic E-state index is 13.1. The zero-order valence-corrected chi connectivity index (χ0v) is 16.4. The van der Waals surface area contributed by atoms with E-state index in [9.17, 15) is 9.59 Å². The Bertz CT molecular complexity index is 647. The Kier molecular flexibility index (Phi) is 4.36. The summed E-state index contributed by atoms with van der Waals surface area (Å²) in [4.78, 5) is 26.0. The molecule has 0 aromatic heterocycles. The van der Waals surface area contributed by atoms with E-state index < -0.39 is 0 Å². The van der Waals surface area contributed by atoms with Crippen molar-refractivity contribution in [3.05, 3.63) is 12.2 Å². The van der Waals surface area contributed by atoms with Gasteiger partial charge in [-0.3, -0.25) is 9.59 Å². The third-order valence-electron chi connectivity index (χ3n) is 8.67. The zero-order valence-electron chi connectivity index (χ0n) is 16.4. The highest BCUT2D eigenvalue weighted by Gasteiger charge is 2.74. The van der Waals surface area contributed by atoms with Crippen molar-refractivity contribution in [1.29, 1.82) is 0 Å². The molecule has 0 aromatic carbocycles. The maximum Gasteiger partial charge on any atom is 0.312 e. The van der Waals surface area contributed by atoms with Crippen LogP contribution in [0, 0.1) is 40.9 Å². The van der Waals surface area contributed by atoms with Gasteiger partial charge in [-0.15, -0.1) is 0 Å². The van der Waals surface area contributed by atoms with Crippen LogP contribution < -0.4 is 0 Å². The number of allylic oxidation sites excluding steroid dienone is 2. The van der Waals surface area contributed by atoms with Gasteiger partial charge < -0.3 is 9.47 Å². The Morgan fingerprint density at radius 3 is 2.44 bits per heavy atom. The van der Waals surface area contributed by atoms with Gasteiger partial charge in [-0.2, -0.15) is 0 Å². The van der Waals surface area contributed by atoms with Crippen molar-refractivity contribution < 1.29 is 19.1 Å². The lowest BCUT2D eigenvalue weighted by Crippen LogP contribution is -2.50. The molecule has 0 amide bonds. The van der Waals surface area contributed by atoms with Crippen molar-refractivity contribution in [2.24, 2.45) is 40.9 Å². The highest BCUT2D eigenvalue weighted by molar-refractivity contribution is 5.82. The van der Waals surface area contributed by atoms with Gasteiger partial charge in [-0.25, -0.2) is 0 Å². The molecule has 5 aliphatic rings. The fraction of sp³-hybridized carbons (Fsp3) is 0.826. The molecule has 4 nitrogen and oxygen atoms in total. The van der Waals surface area contributed by atoms with Gasteiger partial charge in [0.1, 0.15) is 6.10 Å². The topological polar surface area (TPSA) is 52.6 Å². The molecule has 4 saturated carbocycles. The Balaban J connectivity index is 1.33. The fourth-order valence-corrected chi connectivity index (χ4v) is 7.74. The van der Waals surface area contributed by atoms with Crippen molar-refractivity contribution in [2.45, 2.75) is 70.3 Å². The van der Waals surface area contributed by atoms with E-state index in [1.165, 1.54) is 39.2 Å². The maximum absolute atomic E-state index is 13.1. The number of rotatable bonds is 3. The smallest absolute Gasteiger partial charge is 0.312 e. The molecule has 27 heavy (non-hydrogen) atoms. The summed E-state index contributed by atoms with van der Waals surface area (Å²) >= 11 is 0. The molecule has 0 radical (unpaired) electrons. The van der Waals surface area contributed by atoms with Crippen LogP contribution in [0.5, 0.6) is 0 Å². The van der Waals surface area contributed by atoms with Crippen molar-refractivity contribution in [3.8, 4) is 0 Å². The van der Waals surface area contributed by atoms with Crippen LogP contribution in [0.3, 0.4) is 0 Å². The lowest BCUT2D eigenvalue weighted by Gasteiger charge is -2.44. The minimum Gasteiger partial charge on any atom is -0.469 e. The van der Waals surface area contributed by atoms with E-state index >= 15 is 0 Å². The molecule has 0 aromatic rings. The number of carbonyl (C=O) groups excluding carboxylic acids is 2. The second-order valence-electron chi connectivity index (χ2n) is 9.68. The van der Waals surface area contributed by atoms with Gasteiger partial charge in [0.2, 0.25) is 0 Å². The van der Waals surface area contributed by atoms with E-state index in [-0.39, 0.29) is 41.2 Å². The predicted molar refractivity (Wildman–Crippen MR) is 101 cm³/mol. The highest BCUT2D eigenvalue weighted by atomic mass is 16.5. The number of esters is 2. The van der Waals surface area contributed by atoms with E-state index in [0.29, 0.717) is 17.8 Å². The molecule has 4 heteroatoms. The summed E-state index contributed by atoms with van der Waals surface area (Å²) in [5.41, 5.74) is -0.351. The molecule has 7 atom stereocenters. The largest absolute Gasteiger partial charge is 0.469 e. The average molecular weight is 373 g/mol. The number of ether oxygens (including phenoxy) is 2. The molecule has 0 N–H and O–H groups in total. The molecule has 5 aliphatic carbocycles. The van der Waals surface area contributed by atoms with Crippen molar-refractivity contribution in [2.75, 3.05) is 7.11 Å². The van der Waals surface area contributed by atoms with Crippen LogP contribution >= 0.6 is 0 Å². The highest BCUT2D eigenvalue weighted by Crippen LogP contribution is 2.74. The Morgan fingerprint density at radius 1 is 0.963 bits per heavy atom. The van der Waals surface area contributed by atoms with Crippen LogP contribution in [0.1, 0.15) is 64.2 Å². The summed E-state index contributed by atoms with van der Waals surface area (Å²) in [6, 6.07) is 0. The molecule has 0 aliphatic heterocycles. The number of fused-ring (bicyclic) bond motifs is 9. The van der Waals surface area contributed by atoms with E-state index in [0.717, 1.165) is 32.1 Å². The van der Waals surface area contributed by atoms with Crippen molar-refractivity contribution >= 4 is 11.9 Å². The lowest BCUT2D eigenvalue weighted by atomic mass is 9.58. The van der Waals surface area contributed by atoms with Gasteiger partial charge in [0.15, 0.2) is 0 Å². The van der Waals surface area contributed by atoms with Gasteiger partial charge >= 0.3 is 11.9 Å². The summed E-state index contributed by atoms with van der Waals surface area (Å²) in [5.74, 6) is 1.63. The van der Waals surface area contributed by atoms with E-state index in [1.54, 1.807) is 0 Å². The normalized spacial score (nSPS) is 45.4. The molecule has 5 rings (SSSR count). The quantitative estimate of drug-likeness (QED) is 0.421. The summed E-state index contributed by atoms with van der Waals surface area (Å²) in [5, 5.41) is 0. The molecule has 0 saturated heterocycles. The van der Waals surface area contributed by atoms with Gasteiger partial charge in [0.25, 0.3) is 0 Å². The molecule has 148 valence electrons. The zero-order chi connectivity index (χ0) is 18.6. The van der Waals surface area contributed by atoms with Gasteiger partial charge in [0.05, 0.1) is 18.4 Å². The van der Waals surface area contributed by atoms with Crippen LogP contribution in [0.2, 0.25) is 0 Å². The molecule has 4 bridgehead atoms. The molecule has 0 heterocycles. The number of hydrogen-bond donors (Lipinski definition) is 0. The van der Waals surface area contributed by atoms with Crippen LogP contribution in [-0.2, 0) is 19.1 Å².